The van der Waals surface area contributed by atoms with Crippen LogP contribution in [0.4, 0.5) is 0 Å². The van der Waals surface area contributed by atoms with Crippen molar-refractivity contribution in [2.75, 3.05) is 33.0 Å². The third kappa shape index (κ3) is 4.54. The van der Waals surface area contributed by atoms with Gasteiger partial charge in [0, 0.05) is 6.54 Å². The lowest BCUT2D eigenvalue weighted by atomic mass is 10.2. The Labute approximate surface area is 123 Å². The number of nitrogens with zero attached hydrogens (tertiary/aromatic N) is 1. The first-order chi connectivity index (χ1) is 10.2. The summed E-state index contributed by atoms with van der Waals surface area (Å²) in [6.07, 6.45) is 0.722. The molecule has 0 saturated carbocycles. The summed E-state index contributed by atoms with van der Waals surface area (Å²) in [4.78, 5) is 24.4. The van der Waals surface area contributed by atoms with Crippen LogP contribution < -0.4 is 0 Å². The van der Waals surface area contributed by atoms with Gasteiger partial charge in [0.25, 0.3) is 0 Å². The average molecular weight is 293 g/mol. The zero-order valence-electron chi connectivity index (χ0n) is 11.7. The molecule has 0 aromatic heterocycles. The first kappa shape index (κ1) is 15.5. The monoisotopic (exact) mass is 293 g/mol. The molecule has 6 nitrogen and oxygen atoms in total. The van der Waals surface area contributed by atoms with Crippen LogP contribution in [0.3, 0.4) is 0 Å². The van der Waals surface area contributed by atoms with Crippen molar-refractivity contribution in [2.24, 2.45) is 0 Å². The second-order valence-electron chi connectivity index (χ2n) is 4.80. The number of rotatable bonds is 6. The summed E-state index contributed by atoms with van der Waals surface area (Å²) in [6, 6.07) is 8.92. The van der Waals surface area contributed by atoms with E-state index in [1.165, 1.54) is 4.90 Å². The number of hydrogen-bond acceptors (Lipinski definition) is 4. The SMILES string of the molecule is O=C(O)[C@@H]1COCCN1C(=O)COCCc1ccccc1. The zero-order chi connectivity index (χ0) is 15.1. The smallest absolute Gasteiger partial charge is 0.328 e. The molecule has 2 rings (SSSR count). The van der Waals surface area contributed by atoms with E-state index in [9.17, 15) is 9.59 Å². The second-order valence-corrected chi connectivity index (χ2v) is 4.80. The molecule has 21 heavy (non-hydrogen) atoms. The molecular weight excluding hydrogens is 274 g/mol. The number of hydrogen-bond donors (Lipinski definition) is 1. The highest BCUT2D eigenvalue weighted by Gasteiger charge is 2.32. The Hall–Kier alpha value is -1.92. The molecule has 1 saturated heterocycles. The van der Waals surface area contributed by atoms with Crippen LogP contribution in [0.2, 0.25) is 0 Å². The molecule has 0 spiro atoms. The standard InChI is InChI=1S/C15H19NO5/c17-14(16-7-9-21-10-13(16)15(18)19)11-20-8-6-12-4-2-1-3-5-12/h1-5,13H,6-11H2,(H,18,19)/t13-/m0/s1. The van der Waals surface area contributed by atoms with E-state index in [-0.39, 0.29) is 25.7 Å². The molecule has 1 aromatic rings. The highest BCUT2D eigenvalue weighted by atomic mass is 16.5. The van der Waals surface area contributed by atoms with Gasteiger partial charge in [-0.25, -0.2) is 4.79 Å². The lowest BCUT2D eigenvalue weighted by Gasteiger charge is -2.32. The quantitative estimate of drug-likeness (QED) is 0.776. The van der Waals surface area contributed by atoms with E-state index in [1.807, 2.05) is 30.3 Å². The Morgan fingerprint density at radius 3 is 2.81 bits per heavy atom. The molecule has 1 aliphatic rings. The molecule has 1 N–H and O–H groups in total. The van der Waals surface area contributed by atoms with Crippen molar-refractivity contribution in [1.29, 1.82) is 0 Å². The first-order valence-electron chi connectivity index (χ1n) is 6.90. The van der Waals surface area contributed by atoms with Crippen LogP contribution >= 0.6 is 0 Å². The molecular formula is C15H19NO5. The van der Waals surface area contributed by atoms with Gasteiger partial charge in [0.2, 0.25) is 5.91 Å². The average Bonchev–Trinajstić information content (AvgIpc) is 2.52. The van der Waals surface area contributed by atoms with Crippen molar-refractivity contribution in [1.82, 2.24) is 4.90 Å². The van der Waals surface area contributed by atoms with Crippen molar-refractivity contribution in [3.8, 4) is 0 Å². The maximum Gasteiger partial charge on any atom is 0.328 e. The topological polar surface area (TPSA) is 76.1 Å². The van der Waals surface area contributed by atoms with E-state index in [4.69, 9.17) is 14.6 Å². The summed E-state index contributed by atoms with van der Waals surface area (Å²) >= 11 is 0. The molecule has 0 aliphatic carbocycles. The normalized spacial score (nSPS) is 18.5. The van der Waals surface area contributed by atoms with Crippen LogP contribution in [-0.2, 0) is 25.5 Å². The van der Waals surface area contributed by atoms with E-state index in [0.717, 1.165) is 12.0 Å². The fourth-order valence-electron chi connectivity index (χ4n) is 2.18. The lowest BCUT2D eigenvalue weighted by Crippen LogP contribution is -2.53. The summed E-state index contributed by atoms with van der Waals surface area (Å²) in [5.74, 6) is -1.36. The fraction of sp³-hybridized carbons (Fsp3) is 0.467. The van der Waals surface area contributed by atoms with Gasteiger partial charge in [-0.05, 0) is 12.0 Å². The van der Waals surface area contributed by atoms with Crippen molar-refractivity contribution < 1.29 is 24.2 Å². The summed E-state index contributed by atoms with van der Waals surface area (Å²) in [5.41, 5.74) is 1.14. The Balaban J connectivity index is 1.74. The number of ether oxygens (including phenoxy) is 2. The number of benzene rings is 1. The van der Waals surface area contributed by atoms with Gasteiger partial charge in [0.05, 0.1) is 19.8 Å². The zero-order valence-corrected chi connectivity index (χ0v) is 11.7. The van der Waals surface area contributed by atoms with Crippen molar-refractivity contribution in [3.63, 3.8) is 0 Å². The van der Waals surface area contributed by atoms with Crippen LogP contribution in [0.15, 0.2) is 30.3 Å². The molecule has 114 valence electrons. The Bertz CT molecular complexity index is 476. The van der Waals surface area contributed by atoms with Gasteiger partial charge in [-0.3, -0.25) is 4.79 Å². The maximum atomic E-state index is 12.0. The van der Waals surface area contributed by atoms with Crippen LogP contribution in [-0.4, -0.2) is 60.9 Å². The molecule has 1 fully saturated rings. The van der Waals surface area contributed by atoms with E-state index < -0.39 is 12.0 Å². The Morgan fingerprint density at radius 1 is 1.33 bits per heavy atom. The number of carbonyl (C=O) groups excluding carboxylic acids is 1. The summed E-state index contributed by atoms with van der Waals surface area (Å²) < 4.78 is 10.4. The summed E-state index contributed by atoms with van der Waals surface area (Å²) in [6.45, 7) is 1.01. The molecule has 0 radical (unpaired) electrons. The first-order valence-corrected chi connectivity index (χ1v) is 6.90. The van der Waals surface area contributed by atoms with Crippen LogP contribution in [0, 0.1) is 0 Å². The summed E-state index contributed by atoms with van der Waals surface area (Å²) in [7, 11) is 0. The van der Waals surface area contributed by atoms with Crippen molar-refractivity contribution in [3.05, 3.63) is 35.9 Å². The largest absolute Gasteiger partial charge is 0.480 e. The predicted molar refractivity (Wildman–Crippen MR) is 74.9 cm³/mol. The maximum absolute atomic E-state index is 12.0. The minimum absolute atomic E-state index is 0.0328. The number of morpholine rings is 1. The molecule has 1 atom stereocenters. The van der Waals surface area contributed by atoms with E-state index in [0.29, 0.717) is 13.2 Å². The molecule has 1 amide bonds. The molecule has 1 heterocycles. The number of carbonyl (C=O) groups is 2. The van der Waals surface area contributed by atoms with Crippen molar-refractivity contribution >= 4 is 11.9 Å². The number of amides is 1. The van der Waals surface area contributed by atoms with Crippen molar-refractivity contribution in [2.45, 2.75) is 12.5 Å². The van der Waals surface area contributed by atoms with Crippen LogP contribution in [0.25, 0.3) is 0 Å². The Kier molecular flexibility index (Phi) is 5.71. The van der Waals surface area contributed by atoms with Gasteiger partial charge in [0.1, 0.15) is 6.61 Å². The van der Waals surface area contributed by atoms with Crippen LogP contribution in [0.5, 0.6) is 0 Å². The van der Waals surface area contributed by atoms with E-state index in [1.54, 1.807) is 0 Å². The van der Waals surface area contributed by atoms with E-state index in [2.05, 4.69) is 0 Å². The Morgan fingerprint density at radius 2 is 2.10 bits per heavy atom. The van der Waals surface area contributed by atoms with Gasteiger partial charge >= 0.3 is 5.97 Å². The fourth-order valence-corrected chi connectivity index (χ4v) is 2.18. The number of carboxylic acids is 1. The third-order valence-corrected chi connectivity index (χ3v) is 3.34. The molecule has 1 aliphatic heterocycles. The van der Waals surface area contributed by atoms with Gasteiger partial charge in [0.15, 0.2) is 6.04 Å². The molecule has 0 bridgehead atoms. The lowest BCUT2D eigenvalue weighted by molar-refractivity contribution is -0.160. The highest BCUT2D eigenvalue weighted by Crippen LogP contribution is 2.08. The van der Waals surface area contributed by atoms with Gasteiger partial charge in [-0.1, -0.05) is 30.3 Å². The number of aliphatic carboxylic acids is 1. The van der Waals surface area contributed by atoms with Gasteiger partial charge in [-0.2, -0.15) is 0 Å². The van der Waals surface area contributed by atoms with E-state index >= 15 is 0 Å². The predicted octanol–water partition coefficient (Wildman–Crippen LogP) is 0.558. The summed E-state index contributed by atoms with van der Waals surface area (Å²) in [5, 5.41) is 9.06. The molecule has 6 heteroatoms. The minimum atomic E-state index is -1.05. The molecule has 0 unspecified atom stereocenters. The minimum Gasteiger partial charge on any atom is -0.480 e. The van der Waals surface area contributed by atoms with Crippen LogP contribution in [0.1, 0.15) is 5.56 Å². The number of carboxylic acid groups (broad SMARTS) is 1. The van der Waals surface area contributed by atoms with Gasteiger partial charge < -0.3 is 19.5 Å². The highest BCUT2D eigenvalue weighted by molar-refractivity contribution is 5.84. The molecule has 1 aromatic carbocycles. The van der Waals surface area contributed by atoms with Gasteiger partial charge in [-0.15, -0.1) is 0 Å². The third-order valence-electron chi connectivity index (χ3n) is 3.34. The second kappa shape index (κ2) is 7.75.